The van der Waals surface area contributed by atoms with Gasteiger partial charge in [0.15, 0.2) is 0 Å². The van der Waals surface area contributed by atoms with Gasteiger partial charge in [0.2, 0.25) is 5.91 Å². The third kappa shape index (κ3) is 1.84. The molecule has 0 aliphatic carbocycles. The first-order valence-electron chi connectivity index (χ1n) is 5.69. The molecule has 0 aromatic carbocycles. The lowest BCUT2D eigenvalue weighted by Crippen LogP contribution is -2.48. The van der Waals surface area contributed by atoms with E-state index in [-0.39, 0.29) is 24.0 Å². The standard InChI is InChI=1S/C11H17N3O/c1-8-4-5-9(7-12)14(8)11(15)10-3-2-6-13-10/h8-10,13H,2-6H2,1H3/t8-,9+,10-/m1/s1. The first kappa shape index (κ1) is 10.4. The molecule has 2 aliphatic heterocycles. The van der Waals surface area contributed by atoms with E-state index in [2.05, 4.69) is 11.4 Å². The highest BCUT2D eigenvalue weighted by Gasteiger charge is 2.38. The Hall–Kier alpha value is -1.08. The van der Waals surface area contributed by atoms with Crippen molar-refractivity contribution in [3.05, 3.63) is 0 Å². The second kappa shape index (κ2) is 4.19. The van der Waals surface area contributed by atoms with Crippen LogP contribution in [0, 0.1) is 11.3 Å². The highest BCUT2D eigenvalue weighted by Crippen LogP contribution is 2.25. The van der Waals surface area contributed by atoms with Gasteiger partial charge in [0.05, 0.1) is 12.1 Å². The summed E-state index contributed by atoms with van der Waals surface area (Å²) in [5, 5.41) is 12.2. The molecule has 2 rings (SSSR count). The third-order valence-electron chi connectivity index (χ3n) is 3.43. The van der Waals surface area contributed by atoms with E-state index < -0.39 is 0 Å². The van der Waals surface area contributed by atoms with E-state index in [1.807, 2.05) is 6.92 Å². The minimum absolute atomic E-state index is 0.0404. The van der Waals surface area contributed by atoms with Crippen molar-refractivity contribution in [1.29, 1.82) is 5.26 Å². The van der Waals surface area contributed by atoms with Crippen LogP contribution in [0.3, 0.4) is 0 Å². The van der Waals surface area contributed by atoms with Crippen LogP contribution in [0.1, 0.15) is 32.6 Å². The van der Waals surface area contributed by atoms with Gasteiger partial charge >= 0.3 is 0 Å². The van der Waals surface area contributed by atoms with Crippen LogP contribution < -0.4 is 5.32 Å². The van der Waals surface area contributed by atoms with Crippen LogP contribution in [0.2, 0.25) is 0 Å². The minimum atomic E-state index is -0.199. The van der Waals surface area contributed by atoms with Crippen molar-refractivity contribution in [2.24, 2.45) is 0 Å². The SMILES string of the molecule is C[C@@H]1CC[C@@H](C#N)N1C(=O)[C@H]1CCCN1. The van der Waals surface area contributed by atoms with Crippen molar-refractivity contribution in [2.75, 3.05) is 6.54 Å². The van der Waals surface area contributed by atoms with Gasteiger partial charge in [-0.3, -0.25) is 4.79 Å². The zero-order valence-corrected chi connectivity index (χ0v) is 9.07. The normalized spacial score (nSPS) is 35.5. The molecule has 2 aliphatic rings. The Morgan fingerprint density at radius 2 is 2.27 bits per heavy atom. The fourth-order valence-corrected chi connectivity index (χ4v) is 2.56. The molecule has 0 radical (unpaired) electrons. The molecular formula is C11H17N3O. The number of hydrogen-bond acceptors (Lipinski definition) is 3. The first-order valence-corrected chi connectivity index (χ1v) is 5.69. The number of likely N-dealkylation sites (tertiary alicyclic amines) is 1. The maximum Gasteiger partial charge on any atom is 0.241 e. The molecule has 1 amide bonds. The Kier molecular flexibility index (Phi) is 2.92. The number of amides is 1. The van der Waals surface area contributed by atoms with Crippen molar-refractivity contribution >= 4 is 5.91 Å². The molecule has 4 heteroatoms. The van der Waals surface area contributed by atoms with E-state index in [0.29, 0.717) is 0 Å². The summed E-state index contributed by atoms with van der Waals surface area (Å²) in [6, 6.07) is 2.21. The Morgan fingerprint density at radius 1 is 1.47 bits per heavy atom. The monoisotopic (exact) mass is 207 g/mol. The van der Waals surface area contributed by atoms with Gasteiger partial charge in [-0.15, -0.1) is 0 Å². The molecule has 2 heterocycles. The van der Waals surface area contributed by atoms with Crippen molar-refractivity contribution < 1.29 is 4.79 Å². The van der Waals surface area contributed by atoms with Crippen molar-refractivity contribution in [2.45, 2.75) is 50.7 Å². The van der Waals surface area contributed by atoms with Crippen LogP contribution in [-0.4, -0.2) is 35.5 Å². The van der Waals surface area contributed by atoms with E-state index in [0.717, 1.165) is 32.2 Å². The lowest BCUT2D eigenvalue weighted by molar-refractivity contribution is -0.134. The predicted molar refractivity (Wildman–Crippen MR) is 56.0 cm³/mol. The van der Waals surface area contributed by atoms with Gasteiger partial charge in [-0.2, -0.15) is 5.26 Å². The molecular weight excluding hydrogens is 190 g/mol. The second-order valence-corrected chi connectivity index (χ2v) is 4.47. The Bertz CT molecular complexity index is 291. The summed E-state index contributed by atoms with van der Waals surface area (Å²) in [5.74, 6) is 0.129. The van der Waals surface area contributed by atoms with Gasteiger partial charge in [0.25, 0.3) is 0 Å². The van der Waals surface area contributed by atoms with Gasteiger partial charge in [-0.1, -0.05) is 0 Å². The van der Waals surface area contributed by atoms with E-state index in [1.54, 1.807) is 4.90 Å². The highest BCUT2D eigenvalue weighted by molar-refractivity contribution is 5.83. The van der Waals surface area contributed by atoms with E-state index in [4.69, 9.17) is 5.26 Å². The van der Waals surface area contributed by atoms with Gasteiger partial charge in [-0.05, 0) is 39.2 Å². The zero-order chi connectivity index (χ0) is 10.8. The van der Waals surface area contributed by atoms with E-state index in [9.17, 15) is 4.79 Å². The van der Waals surface area contributed by atoms with E-state index in [1.165, 1.54) is 0 Å². The summed E-state index contributed by atoms with van der Waals surface area (Å²) in [6.07, 6.45) is 3.77. The summed E-state index contributed by atoms with van der Waals surface area (Å²) in [7, 11) is 0. The molecule has 15 heavy (non-hydrogen) atoms. The summed E-state index contributed by atoms with van der Waals surface area (Å²) in [4.78, 5) is 13.9. The molecule has 0 aromatic rings. The molecule has 0 saturated carbocycles. The maximum absolute atomic E-state index is 12.1. The molecule has 0 spiro atoms. The lowest BCUT2D eigenvalue weighted by Gasteiger charge is -2.27. The number of rotatable bonds is 1. The van der Waals surface area contributed by atoms with Crippen LogP contribution in [0.4, 0.5) is 0 Å². The first-order chi connectivity index (χ1) is 7.24. The quantitative estimate of drug-likeness (QED) is 0.686. The van der Waals surface area contributed by atoms with Crippen molar-refractivity contribution in [1.82, 2.24) is 10.2 Å². The molecule has 0 aromatic heterocycles. The molecule has 2 fully saturated rings. The summed E-state index contributed by atoms with van der Waals surface area (Å²) in [5.41, 5.74) is 0. The largest absolute Gasteiger partial charge is 0.323 e. The van der Waals surface area contributed by atoms with Crippen molar-refractivity contribution in [3.63, 3.8) is 0 Å². The predicted octanol–water partition coefficient (Wildman–Crippen LogP) is 0.641. The number of hydrogen-bond donors (Lipinski definition) is 1. The van der Waals surface area contributed by atoms with Gasteiger partial charge in [0.1, 0.15) is 6.04 Å². The Labute approximate surface area is 90.2 Å². The van der Waals surface area contributed by atoms with E-state index >= 15 is 0 Å². The van der Waals surface area contributed by atoms with Crippen LogP contribution in [0.25, 0.3) is 0 Å². The maximum atomic E-state index is 12.1. The Morgan fingerprint density at radius 3 is 2.87 bits per heavy atom. The molecule has 82 valence electrons. The number of nitrogens with one attached hydrogen (secondary N) is 1. The molecule has 0 unspecified atom stereocenters. The summed E-state index contributed by atoms with van der Waals surface area (Å²) >= 11 is 0. The topological polar surface area (TPSA) is 56.1 Å². The van der Waals surface area contributed by atoms with Gasteiger partial charge < -0.3 is 10.2 Å². The van der Waals surface area contributed by atoms with Crippen LogP contribution in [0.15, 0.2) is 0 Å². The Balaban J connectivity index is 2.07. The van der Waals surface area contributed by atoms with Gasteiger partial charge in [-0.25, -0.2) is 0 Å². The molecule has 4 nitrogen and oxygen atoms in total. The number of nitrogens with zero attached hydrogens (tertiary/aromatic N) is 2. The number of carbonyl (C=O) groups excluding carboxylic acids is 1. The molecule has 1 N–H and O–H groups in total. The molecule has 0 bridgehead atoms. The molecule has 2 saturated heterocycles. The van der Waals surface area contributed by atoms with Crippen molar-refractivity contribution in [3.8, 4) is 6.07 Å². The summed E-state index contributed by atoms with van der Waals surface area (Å²) < 4.78 is 0. The fourth-order valence-electron chi connectivity index (χ4n) is 2.56. The average Bonchev–Trinajstić information content (AvgIpc) is 2.85. The van der Waals surface area contributed by atoms with Crippen LogP contribution in [0.5, 0.6) is 0 Å². The van der Waals surface area contributed by atoms with Crippen LogP contribution >= 0.6 is 0 Å². The lowest BCUT2D eigenvalue weighted by atomic mass is 10.1. The van der Waals surface area contributed by atoms with Crippen LogP contribution in [-0.2, 0) is 4.79 Å². The summed E-state index contributed by atoms with van der Waals surface area (Å²) in [6.45, 7) is 2.96. The smallest absolute Gasteiger partial charge is 0.241 e. The minimum Gasteiger partial charge on any atom is -0.323 e. The zero-order valence-electron chi connectivity index (χ0n) is 9.07. The number of nitriles is 1. The average molecular weight is 207 g/mol. The fraction of sp³-hybridized carbons (Fsp3) is 0.818. The van der Waals surface area contributed by atoms with Gasteiger partial charge in [0, 0.05) is 6.04 Å². The second-order valence-electron chi connectivity index (χ2n) is 4.47. The number of carbonyl (C=O) groups is 1. The highest BCUT2D eigenvalue weighted by atomic mass is 16.2. The molecule has 3 atom stereocenters. The third-order valence-corrected chi connectivity index (χ3v) is 3.43.